The van der Waals surface area contributed by atoms with Crippen molar-refractivity contribution in [1.82, 2.24) is 34.3 Å². The molecule has 13 heteroatoms. The number of hydrogen-bond donors (Lipinski definition) is 3. The summed E-state index contributed by atoms with van der Waals surface area (Å²) < 4.78 is 2.85. The Morgan fingerprint density at radius 3 is 2.65 bits per heavy atom. The number of aliphatic hydroxyl groups is 1. The molecule has 2 aliphatic rings. The SMILES string of the molecule is Nc1cc2c(=O)n(CC3(O)CCN(C(=O)C4CCN(CCNC(=O)c5ccc6c(Cl)ccnc6c5)CC4)CC3)cnn2c1. The van der Waals surface area contributed by atoms with E-state index in [-0.39, 0.29) is 29.8 Å². The summed E-state index contributed by atoms with van der Waals surface area (Å²) in [7, 11) is 0. The lowest BCUT2D eigenvalue weighted by molar-refractivity contribution is -0.141. The molecule has 0 radical (unpaired) electrons. The van der Waals surface area contributed by atoms with E-state index in [4.69, 9.17) is 17.3 Å². The van der Waals surface area contributed by atoms with Crippen LogP contribution in [0, 0.1) is 5.92 Å². The summed E-state index contributed by atoms with van der Waals surface area (Å²) in [6.45, 7) is 3.78. The third kappa shape index (κ3) is 6.22. The molecule has 0 spiro atoms. The molecule has 4 aromatic rings. The van der Waals surface area contributed by atoms with Gasteiger partial charge in [0.2, 0.25) is 5.91 Å². The second kappa shape index (κ2) is 11.9. The molecule has 0 bridgehead atoms. The van der Waals surface area contributed by atoms with Gasteiger partial charge < -0.3 is 26.0 Å². The zero-order valence-electron chi connectivity index (χ0n) is 23.8. The summed E-state index contributed by atoms with van der Waals surface area (Å²) in [4.78, 5) is 47.2. The molecule has 0 atom stereocenters. The van der Waals surface area contributed by atoms with E-state index in [0.717, 1.165) is 31.3 Å². The summed E-state index contributed by atoms with van der Waals surface area (Å²) >= 11 is 6.20. The molecule has 12 nitrogen and oxygen atoms in total. The molecule has 0 unspecified atom stereocenters. The number of nitrogens with zero attached hydrogens (tertiary/aromatic N) is 6. The summed E-state index contributed by atoms with van der Waals surface area (Å²) in [6, 6.07) is 8.59. The highest BCUT2D eigenvalue weighted by Gasteiger charge is 2.37. The van der Waals surface area contributed by atoms with Crippen molar-refractivity contribution in [3.05, 3.63) is 70.0 Å². The van der Waals surface area contributed by atoms with E-state index in [1.165, 1.54) is 15.4 Å². The molecule has 2 fully saturated rings. The highest BCUT2D eigenvalue weighted by molar-refractivity contribution is 6.35. The number of pyridine rings is 1. The minimum atomic E-state index is -1.09. The van der Waals surface area contributed by atoms with Gasteiger partial charge in [-0.3, -0.25) is 23.9 Å². The Hall–Kier alpha value is -4.00. The zero-order valence-corrected chi connectivity index (χ0v) is 24.5. The number of carbonyl (C=O) groups excluding carboxylic acids is 2. The number of amides is 2. The van der Waals surface area contributed by atoms with Gasteiger partial charge in [0.25, 0.3) is 11.5 Å². The Balaban J connectivity index is 0.940. The number of likely N-dealkylation sites (tertiary alicyclic amines) is 2. The van der Waals surface area contributed by atoms with E-state index in [1.807, 2.05) is 11.0 Å². The normalized spacial score (nSPS) is 17.9. The molecule has 1 aromatic carbocycles. The first kappa shape index (κ1) is 29.1. The van der Waals surface area contributed by atoms with E-state index in [0.29, 0.717) is 66.3 Å². The van der Waals surface area contributed by atoms with Crippen LogP contribution in [0.25, 0.3) is 16.4 Å². The first-order valence-electron chi connectivity index (χ1n) is 14.6. The van der Waals surface area contributed by atoms with Gasteiger partial charge >= 0.3 is 0 Å². The van der Waals surface area contributed by atoms with Crippen LogP contribution in [0.5, 0.6) is 0 Å². The number of aromatic nitrogens is 4. The maximum absolute atomic E-state index is 13.3. The van der Waals surface area contributed by atoms with Crippen LogP contribution in [0.3, 0.4) is 0 Å². The Morgan fingerprint density at radius 2 is 1.88 bits per heavy atom. The van der Waals surface area contributed by atoms with E-state index in [1.54, 1.807) is 36.7 Å². The van der Waals surface area contributed by atoms with Crippen molar-refractivity contribution in [3.63, 3.8) is 0 Å². The van der Waals surface area contributed by atoms with Crippen LogP contribution < -0.4 is 16.6 Å². The summed E-state index contributed by atoms with van der Waals surface area (Å²) in [5.74, 6) is -0.0815. The van der Waals surface area contributed by atoms with Crippen LogP contribution in [-0.4, -0.2) is 90.8 Å². The van der Waals surface area contributed by atoms with Crippen molar-refractivity contribution < 1.29 is 14.7 Å². The predicted molar refractivity (Wildman–Crippen MR) is 163 cm³/mol. The number of benzene rings is 1. The molecule has 6 rings (SSSR count). The first-order chi connectivity index (χ1) is 20.7. The zero-order chi connectivity index (χ0) is 30.1. The Kier molecular flexibility index (Phi) is 8.08. The summed E-state index contributed by atoms with van der Waals surface area (Å²) in [5, 5.41) is 19.8. The first-order valence-corrected chi connectivity index (χ1v) is 15.0. The van der Waals surface area contributed by atoms with E-state index in [2.05, 4.69) is 20.3 Å². The van der Waals surface area contributed by atoms with Crippen molar-refractivity contribution in [2.24, 2.45) is 5.92 Å². The Labute approximate surface area is 253 Å². The molecular weight excluding hydrogens is 572 g/mol. The number of piperidine rings is 2. The molecule has 2 aliphatic heterocycles. The van der Waals surface area contributed by atoms with Crippen LogP contribution in [0.1, 0.15) is 36.0 Å². The van der Waals surface area contributed by atoms with Gasteiger partial charge in [0.05, 0.1) is 34.6 Å². The summed E-state index contributed by atoms with van der Waals surface area (Å²) in [6.07, 6.45) is 6.90. The third-order valence-corrected chi connectivity index (χ3v) is 9.02. The van der Waals surface area contributed by atoms with Crippen molar-refractivity contribution in [1.29, 1.82) is 0 Å². The number of halogens is 1. The minimum Gasteiger partial charge on any atom is -0.397 e. The van der Waals surface area contributed by atoms with Gasteiger partial charge in [-0.2, -0.15) is 5.10 Å². The molecule has 43 heavy (non-hydrogen) atoms. The maximum atomic E-state index is 13.3. The van der Waals surface area contributed by atoms with Gasteiger partial charge in [-0.15, -0.1) is 0 Å². The van der Waals surface area contributed by atoms with Crippen LogP contribution >= 0.6 is 11.6 Å². The third-order valence-electron chi connectivity index (χ3n) is 8.69. The molecule has 5 heterocycles. The minimum absolute atomic E-state index is 0.0528. The fraction of sp³-hybridized carbons (Fsp3) is 0.433. The molecule has 3 aromatic heterocycles. The number of carbonyl (C=O) groups is 2. The van der Waals surface area contributed by atoms with Gasteiger partial charge in [-0.05, 0) is 63.0 Å². The molecular formula is C30H35ClN8O4. The highest BCUT2D eigenvalue weighted by atomic mass is 35.5. The lowest BCUT2D eigenvalue weighted by atomic mass is 9.89. The number of hydrogen-bond acceptors (Lipinski definition) is 8. The van der Waals surface area contributed by atoms with E-state index in [9.17, 15) is 19.5 Å². The molecule has 0 aliphatic carbocycles. The smallest absolute Gasteiger partial charge is 0.277 e. The van der Waals surface area contributed by atoms with Crippen LogP contribution in [0.4, 0.5) is 5.69 Å². The predicted octanol–water partition coefficient (Wildman–Crippen LogP) is 1.78. The van der Waals surface area contributed by atoms with E-state index < -0.39 is 5.60 Å². The van der Waals surface area contributed by atoms with Crippen molar-refractivity contribution in [2.45, 2.75) is 37.8 Å². The fourth-order valence-electron chi connectivity index (χ4n) is 6.12. The number of rotatable bonds is 7. The number of anilines is 1. The average molecular weight is 607 g/mol. The summed E-state index contributed by atoms with van der Waals surface area (Å²) in [5.41, 5.74) is 6.45. The number of nitrogens with two attached hydrogens (primary N) is 1. The van der Waals surface area contributed by atoms with Crippen LogP contribution in [0.2, 0.25) is 5.02 Å². The maximum Gasteiger partial charge on any atom is 0.277 e. The standard InChI is InChI=1S/C30H35ClN8O4/c31-24-3-8-33-25-15-21(1-2-23(24)25)27(40)34-9-14-36-10-4-20(5-11-36)28(41)37-12-6-30(43,7-13-37)18-38-19-35-39-17-22(32)16-26(39)29(38)42/h1-3,8,15-17,19-20,43H,4-7,9-14,18,32H2,(H,34,40). The molecule has 2 amide bonds. The van der Waals surface area contributed by atoms with Crippen molar-refractivity contribution in [3.8, 4) is 0 Å². The second-order valence-corrected chi connectivity index (χ2v) is 12.0. The second-order valence-electron chi connectivity index (χ2n) is 11.6. The van der Waals surface area contributed by atoms with Gasteiger partial charge in [-0.25, -0.2) is 4.52 Å². The molecule has 2 saturated heterocycles. The highest BCUT2D eigenvalue weighted by Crippen LogP contribution is 2.27. The topological polar surface area (TPSA) is 151 Å². The fourth-order valence-corrected chi connectivity index (χ4v) is 6.34. The lowest BCUT2D eigenvalue weighted by Crippen LogP contribution is -2.52. The monoisotopic (exact) mass is 606 g/mol. The molecule has 0 saturated carbocycles. The van der Waals surface area contributed by atoms with Gasteiger partial charge in [0.1, 0.15) is 11.8 Å². The number of nitrogen functional groups attached to an aromatic ring is 1. The Morgan fingerprint density at radius 1 is 1.12 bits per heavy atom. The van der Waals surface area contributed by atoms with Crippen molar-refractivity contribution >= 4 is 45.5 Å². The molecule has 226 valence electrons. The van der Waals surface area contributed by atoms with Crippen LogP contribution in [0.15, 0.2) is 53.8 Å². The van der Waals surface area contributed by atoms with Gasteiger partial charge in [0.15, 0.2) is 0 Å². The Bertz CT molecular complexity index is 1720. The van der Waals surface area contributed by atoms with Gasteiger partial charge in [0, 0.05) is 49.2 Å². The number of fused-ring (bicyclic) bond motifs is 2. The average Bonchev–Trinajstić information content (AvgIpc) is 3.40. The lowest BCUT2D eigenvalue weighted by Gasteiger charge is -2.40. The van der Waals surface area contributed by atoms with Crippen molar-refractivity contribution in [2.75, 3.05) is 45.0 Å². The van der Waals surface area contributed by atoms with Crippen LogP contribution in [-0.2, 0) is 11.3 Å². The molecule has 4 N–H and O–H groups in total. The number of nitrogens with one attached hydrogen (secondary N) is 1. The van der Waals surface area contributed by atoms with Gasteiger partial charge in [-0.1, -0.05) is 17.7 Å². The quantitative estimate of drug-likeness (QED) is 0.288. The van der Waals surface area contributed by atoms with E-state index >= 15 is 0 Å². The largest absolute Gasteiger partial charge is 0.397 e.